The highest BCUT2D eigenvalue weighted by Crippen LogP contribution is 2.21. The SMILES string of the molecule is CN(Cn1nc(CCC(N)=O)n(C)c1=S)C1CCCCCC1. The molecule has 1 heterocycles. The molecule has 2 rings (SSSR count). The molecule has 1 fully saturated rings. The molecule has 1 aromatic heterocycles. The van der Waals surface area contributed by atoms with Crippen LogP contribution >= 0.6 is 12.2 Å². The number of rotatable bonds is 6. The Balaban J connectivity index is 2.03. The Bertz CT molecular complexity index is 557. The van der Waals surface area contributed by atoms with Crippen LogP contribution in [0, 0.1) is 4.77 Å². The number of primary amides is 1. The lowest BCUT2D eigenvalue weighted by molar-refractivity contribution is -0.118. The van der Waals surface area contributed by atoms with Crippen molar-refractivity contribution >= 4 is 18.1 Å². The van der Waals surface area contributed by atoms with Gasteiger partial charge in [-0.1, -0.05) is 25.7 Å². The van der Waals surface area contributed by atoms with E-state index in [9.17, 15) is 4.79 Å². The van der Waals surface area contributed by atoms with Gasteiger partial charge in [0.1, 0.15) is 5.82 Å². The largest absolute Gasteiger partial charge is 0.370 e. The molecule has 0 aromatic carbocycles. The topological polar surface area (TPSA) is 69.1 Å². The number of hydrogen-bond acceptors (Lipinski definition) is 4. The van der Waals surface area contributed by atoms with Crippen LogP contribution in [0.2, 0.25) is 0 Å². The van der Waals surface area contributed by atoms with Gasteiger partial charge in [-0.05, 0) is 32.1 Å². The molecule has 0 aliphatic heterocycles. The van der Waals surface area contributed by atoms with E-state index in [1.807, 2.05) is 16.3 Å². The summed E-state index contributed by atoms with van der Waals surface area (Å²) in [5.74, 6) is 0.508. The number of carbonyl (C=O) groups excluding carboxylic acids is 1. The fraction of sp³-hybridized carbons (Fsp3) is 0.800. The van der Waals surface area contributed by atoms with Gasteiger partial charge in [-0.2, -0.15) is 5.10 Å². The molecule has 124 valence electrons. The third-order valence-corrected chi connectivity index (χ3v) is 5.02. The van der Waals surface area contributed by atoms with Crippen molar-refractivity contribution in [3.8, 4) is 0 Å². The molecule has 0 bridgehead atoms. The van der Waals surface area contributed by atoms with Gasteiger partial charge in [0.2, 0.25) is 5.91 Å². The monoisotopic (exact) mass is 325 g/mol. The predicted octanol–water partition coefficient (Wildman–Crippen LogP) is 1.98. The number of hydrogen-bond donors (Lipinski definition) is 1. The van der Waals surface area contributed by atoms with Crippen LogP contribution in [0.1, 0.15) is 50.8 Å². The average Bonchev–Trinajstić information content (AvgIpc) is 2.70. The van der Waals surface area contributed by atoms with Crippen molar-refractivity contribution in [1.82, 2.24) is 19.2 Å². The third kappa shape index (κ3) is 4.39. The van der Waals surface area contributed by atoms with Crippen molar-refractivity contribution in [2.24, 2.45) is 12.8 Å². The molecule has 0 spiro atoms. The van der Waals surface area contributed by atoms with Gasteiger partial charge < -0.3 is 10.3 Å². The van der Waals surface area contributed by atoms with E-state index in [0.29, 0.717) is 30.3 Å². The third-order valence-electron chi connectivity index (χ3n) is 4.53. The van der Waals surface area contributed by atoms with Gasteiger partial charge in [-0.15, -0.1) is 0 Å². The summed E-state index contributed by atoms with van der Waals surface area (Å²) in [5.41, 5.74) is 5.21. The molecule has 1 amide bonds. The summed E-state index contributed by atoms with van der Waals surface area (Å²) in [7, 11) is 4.04. The standard InChI is InChI=1S/C15H27N5OS/c1-18(12-7-5-3-4-6-8-12)11-20-15(22)19(2)14(17-20)10-9-13(16)21/h12H,3-11H2,1-2H3,(H2,16,21). The first-order valence-corrected chi connectivity index (χ1v) is 8.51. The Morgan fingerprint density at radius 3 is 2.59 bits per heavy atom. The molecule has 1 aliphatic rings. The molecule has 1 saturated carbocycles. The predicted molar refractivity (Wildman–Crippen MR) is 88.8 cm³/mol. The molecule has 0 atom stereocenters. The average molecular weight is 325 g/mol. The maximum Gasteiger partial charge on any atom is 0.217 e. The van der Waals surface area contributed by atoms with Gasteiger partial charge in [0, 0.05) is 25.9 Å². The number of nitrogens with zero attached hydrogens (tertiary/aromatic N) is 4. The minimum atomic E-state index is -0.309. The molecule has 2 N–H and O–H groups in total. The quantitative estimate of drug-likeness (QED) is 0.641. The van der Waals surface area contributed by atoms with E-state index in [1.165, 1.54) is 38.5 Å². The highest BCUT2D eigenvalue weighted by Gasteiger charge is 2.18. The summed E-state index contributed by atoms with van der Waals surface area (Å²) >= 11 is 5.46. The zero-order valence-corrected chi connectivity index (χ0v) is 14.4. The molecule has 0 unspecified atom stereocenters. The second kappa shape index (κ2) is 7.87. The lowest BCUT2D eigenvalue weighted by atomic mass is 10.1. The zero-order valence-electron chi connectivity index (χ0n) is 13.6. The van der Waals surface area contributed by atoms with Crippen molar-refractivity contribution in [1.29, 1.82) is 0 Å². The van der Waals surface area contributed by atoms with Gasteiger partial charge in [0.05, 0.1) is 6.67 Å². The van der Waals surface area contributed by atoms with Crippen LogP contribution in [-0.4, -0.2) is 38.2 Å². The van der Waals surface area contributed by atoms with Crippen LogP contribution in [-0.2, 0) is 24.9 Å². The van der Waals surface area contributed by atoms with Gasteiger partial charge >= 0.3 is 0 Å². The number of amides is 1. The van der Waals surface area contributed by atoms with E-state index in [0.717, 1.165) is 5.82 Å². The van der Waals surface area contributed by atoms with Crippen LogP contribution < -0.4 is 5.73 Å². The Morgan fingerprint density at radius 2 is 2.00 bits per heavy atom. The fourth-order valence-electron chi connectivity index (χ4n) is 3.10. The smallest absolute Gasteiger partial charge is 0.217 e. The Kier molecular flexibility index (Phi) is 6.14. The summed E-state index contributed by atoms with van der Waals surface area (Å²) in [6.07, 6.45) is 8.68. The van der Waals surface area contributed by atoms with Gasteiger partial charge in [0.25, 0.3) is 0 Å². The van der Waals surface area contributed by atoms with Crippen molar-refractivity contribution in [3.63, 3.8) is 0 Å². The summed E-state index contributed by atoms with van der Waals surface area (Å²) < 4.78 is 4.43. The zero-order chi connectivity index (χ0) is 16.1. The normalized spacial score (nSPS) is 16.9. The molecule has 22 heavy (non-hydrogen) atoms. The second-order valence-electron chi connectivity index (χ2n) is 6.27. The summed E-state index contributed by atoms with van der Waals surface area (Å²) in [5, 5.41) is 4.57. The highest BCUT2D eigenvalue weighted by molar-refractivity contribution is 7.71. The Morgan fingerprint density at radius 1 is 1.36 bits per heavy atom. The lowest BCUT2D eigenvalue weighted by Crippen LogP contribution is -2.33. The molecule has 0 saturated heterocycles. The maximum atomic E-state index is 10.9. The van der Waals surface area contributed by atoms with E-state index in [4.69, 9.17) is 18.0 Å². The molecular weight excluding hydrogens is 298 g/mol. The second-order valence-corrected chi connectivity index (χ2v) is 6.63. The number of aryl methyl sites for hydroxylation is 1. The number of carbonyl (C=O) groups is 1. The van der Waals surface area contributed by atoms with E-state index < -0.39 is 0 Å². The molecule has 1 aromatic rings. The fourth-order valence-corrected chi connectivity index (χ4v) is 3.31. The summed E-state index contributed by atoms with van der Waals surface area (Å²) in [6, 6.07) is 0.612. The van der Waals surface area contributed by atoms with Gasteiger partial charge in [-0.25, -0.2) is 4.68 Å². The summed E-state index contributed by atoms with van der Waals surface area (Å²) in [6.45, 7) is 0.702. The van der Waals surface area contributed by atoms with E-state index in [2.05, 4.69) is 17.0 Å². The minimum Gasteiger partial charge on any atom is -0.370 e. The van der Waals surface area contributed by atoms with Gasteiger partial charge in [0.15, 0.2) is 4.77 Å². The molecular formula is C15H27N5OS. The lowest BCUT2D eigenvalue weighted by Gasteiger charge is -2.26. The highest BCUT2D eigenvalue weighted by atomic mass is 32.1. The molecule has 0 radical (unpaired) electrons. The van der Waals surface area contributed by atoms with Crippen LogP contribution in [0.25, 0.3) is 0 Å². The molecule has 6 nitrogen and oxygen atoms in total. The van der Waals surface area contributed by atoms with Crippen LogP contribution in [0.15, 0.2) is 0 Å². The van der Waals surface area contributed by atoms with Crippen LogP contribution in [0.3, 0.4) is 0 Å². The summed E-state index contributed by atoms with van der Waals surface area (Å²) in [4.78, 5) is 13.3. The first kappa shape index (κ1) is 17.1. The first-order valence-electron chi connectivity index (χ1n) is 8.10. The van der Waals surface area contributed by atoms with E-state index in [-0.39, 0.29) is 5.91 Å². The Hall–Kier alpha value is -1.21. The minimum absolute atomic E-state index is 0.304. The maximum absolute atomic E-state index is 10.9. The number of nitrogens with two attached hydrogens (primary N) is 1. The van der Waals surface area contributed by atoms with Crippen LogP contribution in [0.5, 0.6) is 0 Å². The van der Waals surface area contributed by atoms with Crippen molar-refractivity contribution in [3.05, 3.63) is 10.6 Å². The number of aromatic nitrogens is 3. The van der Waals surface area contributed by atoms with Crippen LogP contribution in [0.4, 0.5) is 0 Å². The van der Waals surface area contributed by atoms with Crippen molar-refractivity contribution in [2.75, 3.05) is 7.05 Å². The van der Waals surface area contributed by atoms with Gasteiger partial charge in [-0.3, -0.25) is 9.69 Å². The molecule has 1 aliphatic carbocycles. The van der Waals surface area contributed by atoms with E-state index in [1.54, 1.807) is 0 Å². The first-order chi connectivity index (χ1) is 10.5. The van der Waals surface area contributed by atoms with Crippen molar-refractivity contribution in [2.45, 2.75) is 64.1 Å². The van der Waals surface area contributed by atoms with E-state index >= 15 is 0 Å². The van der Waals surface area contributed by atoms with Crippen molar-refractivity contribution < 1.29 is 4.79 Å². The Labute approximate surface area is 137 Å². The molecule has 7 heteroatoms.